The molecule has 1 aromatic rings. The summed E-state index contributed by atoms with van der Waals surface area (Å²) in [6.07, 6.45) is -0.177. The zero-order valence-electron chi connectivity index (χ0n) is 10.3. The summed E-state index contributed by atoms with van der Waals surface area (Å²) in [4.78, 5) is 4.29. The highest BCUT2D eigenvalue weighted by atomic mass is 16.6. The van der Waals surface area contributed by atoms with Gasteiger partial charge < -0.3 is 14.8 Å². The second-order valence-corrected chi connectivity index (χ2v) is 3.84. The SMILES string of the molecule is [B]C.[B]C1CN=C(C2COc3ccccc3O2)N1. The highest BCUT2D eigenvalue weighted by Crippen LogP contribution is 2.31. The number of hydrogen-bond acceptors (Lipinski definition) is 4. The first-order valence-electron chi connectivity index (χ1n) is 5.85. The number of benzene rings is 1. The predicted molar refractivity (Wildman–Crippen MR) is 73.0 cm³/mol. The third kappa shape index (κ3) is 2.63. The number of amidine groups is 1. The van der Waals surface area contributed by atoms with Crippen LogP contribution < -0.4 is 14.8 Å². The van der Waals surface area contributed by atoms with E-state index in [2.05, 4.69) is 18.2 Å². The first-order chi connectivity index (χ1) is 8.83. The second-order valence-electron chi connectivity index (χ2n) is 3.84. The van der Waals surface area contributed by atoms with Crippen LogP contribution in [0.2, 0.25) is 6.82 Å². The topological polar surface area (TPSA) is 42.9 Å². The van der Waals surface area contributed by atoms with Crippen LogP contribution in [-0.4, -0.2) is 46.7 Å². The van der Waals surface area contributed by atoms with Crippen molar-refractivity contribution in [1.82, 2.24) is 5.32 Å². The van der Waals surface area contributed by atoms with Gasteiger partial charge in [0, 0.05) is 5.94 Å². The van der Waals surface area contributed by atoms with Gasteiger partial charge in [-0.05, 0) is 12.1 Å². The van der Waals surface area contributed by atoms with E-state index in [0.717, 1.165) is 17.3 Å². The lowest BCUT2D eigenvalue weighted by molar-refractivity contribution is 0.133. The maximum absolute atomic E-state index is 5.79. The van der Waals surface area contributed by atoms with Gasteiger partial charge in [-0.1, -0.05) is 19.0 Å². The van der Waals surface area contributed by atoms with E-state index in [9.17, 15) is 0 Å². The van der Waals surface area contributed by atoms with Gasteiger partial charge in [0.05, 0.1) is 14.4 Å². The number of ether oxygens (including phenoxy) is 2. The van der Waals surface area contributed by atoms with E-state index in [1.54, 1.807) is 0 Å². The van der Waals surface area contributed by atoms with Crippen LogP contribution >= 0.6 is 0 Å². The summed E-state index contributed by atoms with van der Waals surface area (Å²) in [6, 6.07) is 7.61. The van der Waals surface area contributed by atoms with E-state index in [1.165, 1.54) is 6.82 Å². The minimum Gasteiger partial charge on any atom is -0.485 e. The minimum absolute atomic E-state index is 0.101. The van der Waals surface area contributed by atoms with E-state index in [1.807, 2.05) is 24.3 Å². The number of nitrogens with zero attached hydrogens (tertiary/aromatic N) is 1. The maximum Gasteiger partial charge on any atom is 0.189 e. The van der Waals surface area contributed by atoms with Crippen molar-refractivity contribution in [2.75, 3.05) is 13.2 Å². The fraction of sp³-hybridized carbons (Fsp3) is 0.417. The van der Waals surface area contributed by atoms with Crippen molar-refractivity contribution in [2.45, 2.75) is 18.9 Å². The highest BCUT2D eigenvalue weighted by Gasteiger charge is 2.28. The van der Waals surface area contributed by atoms with Crippen molar-refractivity contribution in [1.29, 1.82) is 0 Å². The van der Waals surface area contributed by atoms with Crippen molar-refractivity contribution >= 4 is 21.5 Å². The Kier molecular flexibility index (Phi) is 4.18. The van der Waals surface area contributed by atoms with Crippen LogP contribution in [0.4, 0.5) is 0 Å². The Morgan fingerprint density at radius 2 is 2.00 bits per heavy atom. The molecule has 0 aliphatic carbocycles. The summed E-state index contributed by atoms with van der Waals surface area (Å²) < 4.78 is 11.4. The average molecular weight is 240 g/mol. The molecule has 0 amide bonds. The van der Waals surface area contributed by atoms with Crippen LogP contribution in [0.1, 0.15) is 0 Å². The van der Waals surface area contributed by atoms with Crippen LogP contribution in [0.5, 0.6) is 11.5 Å². The van der Waals surface area contributed by atoms with Gasteiger partial charge in [0.1, 0.15) is 20.3 Å². The third-order valence-electron chi connectivity index (χ3n) is 2.61. The van der Waals surface area contributed by atoms with Crippen molar-refractivity contribution < 1.29 is 9.47 Å². The molecule has 0 spiro atoms. The molecule has 2 heterocycles. The van der Waals surface area contributed by atoms with Gasteiger partial charge in [-0.2, -0.15) is 0 Å². The molecule has 4 nitrogen and oxygen atoms in total. The number of aliphatic imine (C=N–C) groups is 1. The standard InChI is InChI=1S/C11H11BN2O2.CH3B/c12-10-5-13-11(14-10)9-6-15-7-3-1-2-4-8(7)16-9;1-2/h1-4,9-10H,5-6H2,(H,13,14);1H3. The molecule has 0 bridgehead atoms. The van der Waals surface area contributed by atoms with Crippen molar-refractivity contribution in [3.63, 3.8) is 0 Å². The van der Waals surface area contributed by atoms with Crippen LogP contribution in [0.15, 0.2) is 29.3 Å². The lowest BCUT2D eigenvalue weighted by Gasteiger charge is -2.26. The molecular weight excluding hydrogens is 226 g/mol. The molecule has 18 heavy (non-hydrogen) atoms. The second kappa shape index (κ2) is 5.85. The molecule has 1 aromatic carbocycles. The molecule has 0 fully saturated rings. The van der Waals surface area contributed by atoms with Crippen molar-refractivity contribution in [3.05, 3.63) is 24.3 Å². The molecule has 0 saturated heterocycles. The number of para-hydroxylation sites is 2. The Bertz CT molecular complexity index is 440. The molecule has 2 aliphatic heterocycles. The Morgan fingerprint density at radius 1 is 1.28 bits per heavy atom. The van der Waals surface area contributed by atoms with Gasteiger partial charge in [0.15, 0.2) is 17.6 Å². The maximum atomic E-state index is 5.79. The van der Waals surface area contributed by atoms with Gasteiger partial charge >= 0.3 is 0 Å². The molecular formula is C12H14B2N2O2. The zero-order chi connectivity index (χ0) is 13.0. The first-order valence-corrected chi connectivity index (χ1v) is 5.85. The van der Waals surface area contributed by atoms with Gasteiger partial charge in [0.2, 0.25) is 0 Å². The van der Waals surface area contributed by atoms with Crippen LogP contribution in [-0.2, 0) is 0 Å². The van der Waals surface area contributed by atoms with Gasteiger partial charge in [-0.25, -0.2) is 0 Å². The van der Waals surface area contributed by atoms with E-state index in [4.69, 9.17) is 17.3 Å². The Hall–Kier alpha value is -1.58. The van der Waals surface area contributed by atoms with Crippen molar-refractivity contribution in [3.8, 4) is 11.5 Å². The predicted octanol–water partition coefficient (Wildman–Crippen LogP) is 0.526. The third-order valence-corrected chi connectivity index (χ3v) is 2.61. The quantitative estimate of drug-likeness (QED) is 0.727. The molecule has 2 aliphatic rings. The van der Waals surface area contributed by atoms with Crippen LogP contribution in [0, 0.1) is 0 Å². The monoisotopic (exact) mass is 240 g/mol. The van der Waals surface area contributed by atoms with Gasteiger partial charge in [0.25, 0.3) is 0 Å². The molecule has 6 heteroatoms. The normalized spacial score (nSPS) is 24.4. The van der Waals surface area contributed by atoms with E-state index in [-0.39, 0.29) is 12.0 Å². The zero-order valence-corrected chi connectivity index (χ0v) is 10.3. The van der Waals surface area contributed by atoms with Crippen molar-refractivity contribution in [2.24, 2.45) is 4.99 Å². The molecule has 3 rings (SSSR count). The lowest BCUT2D eigenvalue weighted by atomic mass is 9.98. The summed E-state index contributed by atoms with van der Waals surface area (Å²) in [5, 5.41) is 3.08. The Balaban J connectivity index is 0.000000574. The van der Waals surface area contributed by atoms with Gasteiger partial charge in [-0.15, -0.1) is 0 Å². The Morgan fingerprint density at radius 3 is 2.67 bits per heavy atom. The number of fused-ring (bicyclic) bond motifs is 1. The molecule has 2 atom stereocenters. The van der Waals surface area contributed by atoms with E-state index in [0.29, 0.717) is 13.2 Å². The molecule has 0 saturated carbocycles. The van der Waals surface area contributed by atoms with E-state index >= 15 is 0 Å². The van der Waals surface area contributed by atoms with Gasteiger partial charge in [-0.3, -0.25) is 4.99 Å². The molecule has 90 valence electrons. The summed E-state index contributed by atoms with van der Waals surface area (Å²) >= 11 is 0. The number of rotatable bonds is 1. The van der Waals surface area contributed by atoms with E-state index < -0.39 is 0 Å². The first kappa shape index (κ1) is 12.9. The fourth-order valence-corrected chi connectivity index (χ4v) is 1.83. The fourth-order valence-electron chi connectivity index (χ4n) is 1.83. The summed E-state index contributed by atoms with van der Waals surface area (Å²) in [5.41, 5.74) is 0. The largest absolute Gasteiger partial charge is 0.485 e. The smallest absolute Gasteiger partial charge is 0.189 e. The summed E-state index contributed by atoms with van der Waals surface area (Å²) in [6.45, 7) is 2.56. The summed E-state index contributed by atoms with van der Waals surface area (Å²) in [5.74, 6) is 2.21. The molecule has 4 radical (unpaired) electrons. The molecule has 0 aromatic heterocycles. The number of hydrogen-bond donors (Lipinski definition) is 1. The minimum atomic E-state index is -0.177. The average Bonchev–Trinajstić information content (AvgIpc) is 2.87. The highest BCUT2D eigenvalue weighted by molar-refractivity contribution is 6.14. The van der Waals surface area contributed by atoms with Crippen LogP contribution in [0.3, 0.4) is 0 Å². The lowest BCUT2D eigenvalue weighted by Crippen LogP contribution is -2.44. The summed E-state index contributed by atoms with van der Waals surface area (Å²) in [7, 11) is 10.2. The van der Waals surface area contributed by atoms with Crippen LogP contribution in [0.25, 0.3) is 0 Å². The Labute approximate surface area is 110 Å². The molecule has 1 N–H and O–H groups in total. The number of nitrogens with one attached hydrogen (secondary N) is 1. The molecule has 2 unspecified atom stereocenters.